The highest BCUT2D eigenvalue weighted by molar-refractivity contribution is 6.33. The van der Waals surface area contributed by atoms with Crippen molar-refractivity contribution in [2.24, 2.45) is 0 Å². The van der Waals surface area contributed by atoms with E-state index in [9.17, 15) is 0 Å². The summed E-state index contributed by atoms with van der Waals surface area (Å²) in [5.74, 6) is 0.834. The molecule has 0 fully saturated rings. The summed E-state index contributed by atoms with van der Waals surface area (Å²) in [4.78, 5) is 4.66. The van der Waals surface area contributed by atoms with Crippen molar-refractivity contribution in [2.75, 3.05) is 5.32 Å². The van der Waals surface area contributed by atoms with Crippen LogP contribution >= 0.6 is 11.6 Å². The number of nitrogens with zero attached hydrogens (tertiary/aromatic N) is 2. The van der Waals surface area contributed by atoms with Gasteiger partial charge in [-0.15, -0.1) is 0 Å². The van der Waals surface area contributed by atoms with E-state index < -0.39 is 0 Å². The molecular formula is C16H16ClN3. The second-order valence-corrected chi connectivity index (χ2v) is 5.09. The maximum absolute atomic E-state index is 6.20. The van der Waals surface area contributed by atoms with Crippen molar-refractivity contribution in [3.8, 4) is 0 Å². The molecule has 0 amide bonds. The van der Waals surface area contributed by atoms with E-state index in [0.717, 1.165) is 35.6 Å². The fraction of sp³-hybridized carbons (Fsp3) is 0.188. The minimum atomic E-state index is 0.697. The predicted molar refractivity (Wildman–Crippen MR) is 84.8 cm³/mol. The molecule has 0 atom stereocenters. The molecule has 1 N–H and O–H groups in total. The van der Waals surface area contributed by atoms with Crippen molar-refractivity contribution in [3.05, 3.63) is 53.6 Å². The van der Waals surface area contributed by atoms with Crippen molar-refractivity contribution in [3.63, 3.8) is 0 Å². The average molecular weight is 286 g/mol. The number of para-hydroxylation sites is 3. The molecule has 0 bridgehead atoms. The van der Waals surface area contributed by atoms with E-state index in [0.29, 0.717) is 5.02 Å². The predicted octanol–water partition coefficient (Wildman–Crippen LogP) is 4.84. The summed E-state index contributed by atoms with van der Waals surface area (Å²) in [6.45, 7) is 3.08. The second kappa shape index (κ2) is 5.55. The van der Waals surface area contributed by atoms with Gasteiger partial charge >= 0.3 is 0 Å². The number of aryl methyl sites for hydroxylation is 1. The SMILES string of the molecule is CCCn1c(Nc2ccccc2Cl)nc2ccccc21. The van der Waals surface area contributed by atoms with E-state index in [4.69, 9.17) is 11.6 Å². The Labute approximate surface area is 123 Å². The van der Waals surface area contributed by atoms with E-state index in [1.165, 1.54) is 0 Å². The lowest BCUT2D eigenvalue weighted by atomic mass is 10.3. The van der Waals surface area contributed by atoms with Crippen LogP contribution in [-0.2, 0) is 6.54 Å². The van der Waals surface area contributed by atoms with Crippen LogP contribution in [0.15, 0.2) is 48.5 Å². The van der Waals surface area contributed by atoms with Gasteiger partial charge in [-0.05, 0) is 30.7 Å². The Morgan fingerprint density at radius 1 is 1.10 bits per heavy atom. The molecule has 4 heteroatoms. The number of halogens is 1. The molecule has 1 heterocycles. The van der Waals surface area contributed by atoms with Gasteiger partial charge in [0.25, 0.3) is 0 Å². The first kappa shape index (κ1) is 13.0. The first-order valence-corrected chi connectivity index (χ1v) is 7.14. The standard InChI is InChI=1S/C16H16ClN3/c1-2-11-20-15-10-6-5-9-14(15)19-16(20)18-13-8-4-3-7-12(13)17/h3-10H,2,11H2,1H3,(H,18,19). The van der Waals surface area contributed by atoms with E-state index in [2.05, 4.69) is 27.9 Å². The summed E-state index contributed by atoms with van der Waals surface area (Å²) < 4.78 is 2.19. The third kappa shape index (κ3) is 2.37. The van der Waals surface area contributed by atoms with Gasteiger partial charge in [-0.2, -0.15) is 0 Å². The molecule has 0 saturated carbocycles. The Kier molecular flexibility index (Phi) is 3.61. The molecule has 3 rings (SSSR count). The van der Waals surface area contributed by atoms with E-state index in [-0.39, 0.29) is 0 Å². The van der Waals surface area contributed by atoms with Crippen molar-refractivity contribution in [1.82, 2.24) is 9.55 Å². The van der Waals surface area contributed by atoms with Crippen LogP contribution in [0, 0.1) is 0 Å². The number of nitrogens with one attached hydrogen (secondary N) is 1. The van der Waals surface area contributed by atoms with Crippen molar-refractivity contribution < 1.29 is 0 Å². The Bertz CT molecular complexity index is 733. The minimum absolute atomic E-state index is 0.697. The van der Waals surface area contributed by atoms with Gasteiger partial charge in [0.1, 0.15) is 0 Å². The first-order valence-electron chi connectivity index (χ1n) is 6.76. The number of imidazole rings is 1. The average Bonchev–Trinajstić information content (AvgIpc) is 2.80. The first-order chi connectivity index (χ1) is 9.79. The third-order valence-corrected chi connectivity index (χ3v) is 3.55. The largest absolute Gasteiger partial charge is 0.324 e. The van der Waals surface area contributed by atoms with Crippen LogP contribution in [0.1, 0.15) is 13.3 Å². The lowest BCUT2D eigenvalue weighted by Crippen LogP contribution is -2.03. The summed E-state index contributed by atoms with van der Waals surface area (Å²) in [7, 11) is 0. The Morgan fingerprint density at radius 3 is 2.65 bits per heavy atom. The minimum Gasteiger partial charge on any atom is -0.324 e. The van der Waals surface area contributed by atoms with Crippen LogP contribution in [0.4, 0.5) is 11.6 Å². The van der Waals surface area contributed by atoms with Gasteiger partial charge < -0.3 is 9.88 Å². The fourth-order valence-corrected chi connectivity index (χ4v) is 2.49. The lowest BCUT2D eigenvalue weighted by Gasteiger charge is -2.10. The molecule has 0 spiro atoms. The van der Waals surface area contributed by atoms with Crippen LogP contribution in [0.5, 0.6) is 0 Å². The number of hydrogen-bond acceptors (Lipinski definition) is 2. The van der Waals surface area contributed by atoms with Crippen LogP contribution < -0.4 is 5.32 Å². The third-order valence-electron chi connectivity index (χ3n) is 3.22. The molecule has 0 aliphatic heterocycles. The highest BCUT2D eigenvalue weighted by Crippen LogP contribution is 2.27. The number of rotatable bonds is 4. The normalized spacial score (nSPS) is 10.9. The number of benzene rings is 2. The Morgan fingerprint density at radius 2 is 1.85 bits per heavy atom. The van der Waals surface area contributed by atoms with Gasteiger partial charge in [-0.3, -0.25) is 0 Å². The maximum atomic E-state index is 6.20. The van der Waals surface area contributed by atoms with E-state index >= 15 is 0 Å². The highest BCUT2D eigenvalue weighted by atomic mass is 35.5. The van der Waals surface area contributed by atoms with Gasteiger partial charge in [-0.25, -0.2) is 4.98 Å². The zero-order chi connectivity index (χ0) is 13.9. The summed E-state index contributed by atoms with van der Waals surface area (Å²) in [5, 5.41) is 4.03. The number of aromatic nitrogens is 2. The number of fused-ring (bicyclic) bond motifs is 1. The van der Waals surface area contributed by atoms with Gasteiger partial charge in [0.15, 0.2) is 0 Å². The zero-order valence-corrected chi connectivity index (χ0v) is 12.1. The van der Waals surface area contributed by atoms with Gasteiger partial charge in [-0.1, -0.05) is 42.8 Å². The van der Waals surface area contributed by atoms with Crippen molar-refractivity contribution >= 4 is 34.3 Å². The smallest absolute Gasteiger partial charge is 0.208 e. The maximum Gasteiger partial charge on any atom is 0.208 e. The highest BCUT2D eigenvalue weighted by Gasteiger charge is 2.10. The van der Waals surface area contributed by atoms with Crippen LogP contribution in [0.3, 0.4) is 0 Å². The van der Waals surface area contributed by atoms with Crippen LogP contribution in [0.2, 0.25) is 5.02 Å². The number of anilines is 2. The molecule has 0 aliphatic rings. The zero-order valence-electron chi connectivity index (χ0n) is 11.3. The molecule has 3 aromatic rings. The van der Waals surface area contributed by atoms with Crippen LogP contribution in [-0.4, -0.2) is 9.55 Å². The summed E-state index contributed by atoms with van der Waals surface area (Å²) in [6.07, 6.45) is 1.05. The molecule has 0 unspecified atom stereocenters. The van der Waals surface area contributed by atoms with Gasteiger partial charge in [0.05, 0.1) is 21.7 Å². The van der Waals surface area contributed by atoms with Gasteiger partial charge in [0, 0.05) is 6.54 Å². The van der Waals surface area contributed by atoms with Crippen molar-refractivity contribution in [1.29, 1.82) is 0 Å². The molecule has 0 saturated heterocycles. The quantitative estimate of drug-likeness (QED) is 0.743. The monoisotopic (exact) mass is 285 g/mol. The molecule has 0 aliphatic carbocycles. The molecule has 2 aromatic carbocycles. The number of hydrogen-bond donors (Lipinski definition) is 1. The van der Waals surface area contributed by atoms with Gasteiger partial charge in [0.2, 0.25) is 5.95 Å². The molecular weight excluding hydrogens is 270 g/mol. The molecule has 0 radical (unpaired) electrons. The molecule has 3 nitrogen and oxygen atoms in total. The summed E-state index contributed by atoms with van der Waals surface area (Å²) >= 11 is 6.20. The molecule has 1 aromatic heterocycles. The summed E-state index contributed by atoms with van der Waals surface area (Å²) in [6, 6.07) is 15.9. The van der Waals surface area contributed by atoms with E-state index in [1.54, 1.807) is 0 Å². The topological polar surface area (TPSA) is 29.9 Å². The van der Waals surface area contributed by atoms with E-state index in [1.807, 2.05) is 42.5 Å². The fourth-order valence-electron chi connectivity index (χ4n) is 2.30. The Hall–Kier alpha value is -2.00. The molecule has 102 valence electrons. The Balaban J connectivity index is 2.06. The van der Waals surface area contributed by atoms with Crippen LogP contribution in [0.25, 0.3) is 11.0 Å². The lowest BCUT2D eigenvalue weighted by molar-refractivity contribution is 0.705. The molecule has 20 heavy (non-hydrogen) atoms. The summed E-state index contributed by atoms with van der Waals surface area (Å²) in [5.41, 5.74) is 3.02. The van der Waals surface area contributed by atoms with Crippen molar-refractivity contribution in [2.45, 2.75) is 19.9 Å². The second-order valence-electron chi connectivity index (χ2n) is 4.68.